The van der Waals surface area contributed by atoms with E-state index in [-0.39, 0.29) is 29.3 Å². The van der Waals surface area contributed by atoms with Crippen molar-refractivity contribution < 1.29 is 14.6 Å². The topological polar surface area (TPSA) is 58.6 Å². The highest BCUT2D eigenvalue weighted by molar-refractivity contribution is 5.79. The van der Waals surface area contributed by atoms with Gasteiger partial charge in [-0.25, -0.2) is 0 Å². The lowest BCUT2D eigenvalue weighted by molar-refractivity contribution is -0.288. The number of fused-ring (bicyclic) bond motifs is 5. The molecule has 2 aliphatic heterocycles. The Morgan fingerprint density at radius 3 is 2.67 bits per heavy atom. The van der Waals surface area contributed by atoms with Gasteiger partial charge in [-0.1, -0.05) is 13.8 Å². The van der Waals surface area contributed by atoms with E-state index in [0.717, 1.165) is 18.8 Å². The Labute approximate surface area is 162 Å². The first kappa shape index (κ1) is 17.3. The second-order valence-corrected chi connectivity index (χ2v) is 11.4. The van der Waals surface area contributed by atoms with Gasteiger partial charge in [-0.2, -0.15) is 0 Å². The van der Waals surface area contributed by atoms with E-state index in [1.807, 2.05) is 0 Å². The molecule has 2 bridgehead atoms. The van der Waals surface area contributed by atoms with Gasteiger partial charge < -0.3 is 15.2 Å². The summed E-state index contributed by atoms with van der Waals surface area (Å²) < 4.78 is 7.00. The first-order chi connectivity index (χ1) is 12.9. The van der Waals surface area contributed by atoms with Crippen LogP contribution < -0.4 is 5.32 Å². The van der Waals surface area contributed by atoms with Crippen LogP contribution in [0.4, 0.5) is 0 Å². The molecular weight excluding hydrogens is 338 g/mol. The van der Waals surface area contributed by atoms with Crippen molar-refractivity contribution in [1.82, 2.24) is 5.32 Å². The van der Waals surface area contributed by atoms with Crippen LogP contribution in [0.3, 0.4) is 0 Å². The van der Waals surface area contributed by atoms with Crippen molar-refractivity contribution in [3.05, 3.63) is 0 Å². The molecule has 0 aromatic heterocycles. The van der Waals surface area contributed by atoms with Gasteiger partial charge in [0.2, 0.25) is 5.91 Å². The Morgan fingerprint density at radius 1 is 1.00 bits per heavy atom. The third kappa shape index (κ3) is 1.95. The number of hydrogen-bond acceptors (Lipinski definition) is 3. The van der Waals surface area contributed by atoms with Gasteiger partial charge in [-0.05, 0) is 86.9 Å². The quantitative estimate of drug-likeness (QED) is 0.682. The Kier molecular flexibility index (Phi) is 3.39. The van der Waals surface area contributed by atoms with E-state index < -0.39 is 0 Å². The number of aliphatic hydroxyl groups excluding tert-OH is 1. The predicted octanol–water partition coefficient (Wildman–Crippen LogP) is 3.62. The number of carbonyl (C=O) groups is 1. The summed E-state index contributed by atoms with van der Waals surface area (Å²) in [6.07, 6.45) is 11.3. The van der Waals surface area contributed by atoms with E-state index in [9.17, 15) is 9.90 Å². The molecule has 6 rings (SSSR count). The molecule has 0 unspecified atom stereocenters. The highest BCUT2D eigenvalue weighted by atomic mass is 16.5. The molecule has 6 aliphatic rings. The number of aliphatic hydroxyl groups is 1. The first-order valence-electron chi connectivity index (χ1n) is 11.5. The fraction of sp³-hybridized carbons (Fsp3) is 0.957. The van der Waals surface area contributed by atoms with Crippen molar-refractivity contribution in [3.8, 4) is 0 Å². The van der Waals surface area contributed by atoms with Gasteiger partial charge in [0.1, 0.15) is 6.23 Å². The molecule has 2 N–H and O–H groups in total. The lowest BCUT2D eigenvalue weighted by Crippen LogP contribution is -2.67. The molecule has 4 aliphatic carbocycles. The van der Waals surface area contributed by atoms with Crippen molar-refractivity contribution in [3.63, 3.8) is 0 Å². The molecule has 1 amide bonds. The Hall–Kier alpha value is -0.610. The average molecular weight is 374 g/mol. The minimum absolute atomic E-state index is 0.0244. The van der Waals surface area contributed by atoms with Crippen molar-refractivity contribution in [2.45, 2.75) is 96.0 Å². The highest BCUT2D eigenvalue weighted by Crippen LogP contribution is 2.73. The van der Waals surface area contributed by atoms with Crippen LogP contribution >= 0.6 is 0 Å². The summed E-state index contributed by atoms with van der Waals surface area (Å²) in [5.41, 5.74) is 0.595. The summed E-state index contributed by atoms with van der Waals surface area (Å²) in [4.78, 5) is 12.1. The second-order valence-electron chi connectivity index (χ2n) is 11.4. The first-order valence-corrected chi connectivity index (χ1v) is 11.5. The van der Waals surface area contributed by atoms with E-state index in [1.54, 1.807) is 0 Å². The summed E-state index contributed by atoms with van der Waals surface area (Å²) in [7, 11) is 0. The van der Waals surface area contributed by atoms with Crippen LogP contribution in [0, 0.1) is 40.4 Å². The number of hydrogen-bond donors (Lipinski definition) is 2. The fourth-order valence-electron chi connectivity index (χ4n) is 9.52. The van der Waals surface area contributed by atoms with E-state index >= 15 is 0 Å². The molecule has 2 saturated heterocycles. The van der Waals surface area contributed by atoms with Crippen molar-refractivity contribution in [2.24, 2.45) is 40.4 Å². The lowest BCUT2D eigenvalue weighted by atomic mass is 9.42. The van der Waals surface area contributed by atoms with Crippen LogP contribution in [-0.2, 0) is 9.53 Å². The molecule has 0 aromatic rings. The second kappa shape index (κ2) is 5.30. The standard InChI is InChI=1S/C23H35NO3/c1-21-8-5-14(25)11-13(21)3-4-18-17(21)6-9-22(2)16-7-10-23(18,22)27-20-15(16)12-19(26)24-20/h13-18,20,25H,3-12H2,1-2H3,(H,24,26)/t13-,14+,15-,16-,17-,18+,20-,21-,22+,23-/m0/s1. The van der Waals surface area contributed by atoms with Gasteiger partial charge in [-0.3, -0.25) is 4.79 Å². The fourth-order valence-corrected chi connectivity index (χ4v) is 9.52. The normalized spacial score (nSPS) is 61.4. The Balaban J connectivity index is 1.39. The minimum atomic E-state index is -0.0807. The predicted molar refractivity (Wildman–Crippen MR) is 102 cm³/mol. The molecular formula is C23H35NO3. The summed E-state index contributed by atoms with van der Waals surface area (Å²) >= 11 is 0. The zero-order valence-electron chi connectivity index (χ0n) is 16.9. The summed E-state index contributed by atoms with van der Waals surface area (Å²) in [5.74, 6) is 3.28. The van der Waals surface area contributed by atoms with E-state index in [4.69, 9.17) is 4.74 Å². The molecule has 27 heavy (non-hydrogen) atoms. The van der Waals surface area contributed by atoms with E-state index in [2.05, 4.69) is 19.2 Å². The van der Waals surface area contributed by atoms with Gasteiger partial charge in [-0.15, -0.1) is 0 Å². The maximum atomic E-state index is 12.1. The van der Waals surface area contributed by atoms with Crippen molar-refractivity contribution >= 4 is 5.91 Å². The van der Waals surface area contributed by atoms with Gasteiger partial charge in [0, 0.05) is 17.8 Å². The monoisotopic (exact) mass is 373 g/mol. The molecule has 150 valence electrons. The highest BCUT2D eigenvalue weighted by Gasteiger charge is 2.73. The molecule has 0 aromatic carbocycles. The maximum absolute atomic E-state index is 12.1. The molecule has 2 heterocycles. The maximum Gasteiger partial charge on any atom is 0.222 e. The van der Waals surface area contributed by atoms with Gasteiger partial charge in [0.15, 0.2) is 0 Å². The minimum Gasteiger partial charge on any atom is -0.393 e. The largest absolute Gasteiger partial charge is 0.393 e. The number of nitrogens with one attached hydrogen (secondary N) is 1. The number of rotatable bonds is 0. The van der Waals surface area contributed by atoms with Crippen LogP contribution in [-0.4, -0.2) is 28.9 Å². The smallest absolute Gasteiger partial charge is 0.222 e. The number of amides is 1. The molecule has 4 heteroatoms. The molecule has 0 spiro atoms. The van der Waals surface area contributed by atoms with E-state index in [1.165, 1.54) is 44.9 Å². The Morgan fingerprint density at radius 2 is 1.81 bits per heavy atom. The lowest BCUT2D eigenvalue weighted by Gasteiger charge is -2.67. The van der Waals surface area contributed by atoms with Crippen LogP contribution in [0.2, 0.25) is 0 Å². The SMILES string of the molecule is C[C@]12CC[C@@H](O)C[C@@H]1CC[C@@H]1[C@@H]2CC[C@]2(C)[C@H]3CC[C@]12O[C@@H]1NC(=O)C[C@H]13. The van der Waals surface area contributed by atoms with Crippen molar-refractivity contribution in [1.29, 1.82) is 0 Å². The third-order valence-corrected chi connectivity index (χ3v) is 10.8. The molecule has 4 saturated carbocycles. The summed E-state index contributed by atoms with van der Waals surface area (Å²) in [6.45, 7) is 5.05. The molecule has 10 atom stereocenters. The Bertz CT molecular complexity index is 681. The third-order valence-electron chi connectivity index (χ3n) is 10.8. The van der Waals surface area contributed by atoms with Crippen molar-refractivity contribution in [2.75, 3.05) is 0 Å². The van der Waals surface area contributed by atoms with Crippen LogP contribution in [0.1, 0.15) is 78.1 Å². The summed E-state index contributed by atoms with van der Waals surface area (Å²) in [6, 6.07) is 0. The van der Waals surface area contributed by atoms with Crippen LogP contribution in [0.15, 0.2) is 0 Å². The van der Waals surface area contributed by atoms with Crippen LogP contribution in [0.25, 0.3) is 0 Å². The summed E-state index contributed by atoms with van der Waals surface area (Å²) in [5, 5.41) is 13.4. The van der Waals surface area contributed by atoms with Gasteiger partial charge in [0.05, 0.1) is 11.7 Å². The van der Waals surface area contributed by atoms with E-state index in [0.29, 0.717) is 35.5 Å². The van der Waals surface area contributed by atoms with Gasteiger partial charge in [0.25, 0.3) is 0 Å². The zero-order valence-corrected chi connectivity index (χ0v) is 16.9. The average Bonchev–Trinajstić information content (AvgIpc) is 3.08. The molecule has 6 fully saturated rings. The van der Waals surface area contributed by atoms with Crippen LogP contribution in [0.5, 0.6) is 0 Å². The molecule has 4 nitrogen and oxygen atoms in total. The zero-order chi connectivity index (χ0) is 18.6. The van der Waals surface area contributed by atoms with Gasteiger partial charge >= 0.3 is 0 Å². The number of carbonyl (C=O) groups excluding carboxylic acids is 1. The number of ether oxygens (including phenoxy) is 1. The molecule has 0 radical (unpaired) electrons.